The van der Waals surface area contributed by atoms with Crippen LogP contribution in [-0.2, 0) is 14.3 Å². The van der Waals surface area contributed by atoms with Gasteiger partial charge in [-0.25, -0.2) is 4.79 Å². The lowest BCUT2D eigenvalue weighted by Crippen LogP contribution is -2.48. The van der Waals surface area contributed by atoms with Crippen molar-refractivity contribution in [1.29, 1.82) is 0 Å². The Labute approximate surface area is 121 Å². The van der Waals surface area contributed by atoms with Crippen LogP contribution in [0.3, 0.4) is 0 Å². The van der Waals surface area contributed by atoms with Crippen LogP contribution < -0.4 is 10.1 Å². The van der Waals surface area contributed by atoms with Gasteiger partial charge in [-0.3, -0.25) is 4.79 Å². The molecule has 1 rings (SSSR count). The minimum atomic E-state index is -1.18. The third-order valence-corrected chi connectivity index (χ3v) is 2.77. The number of carboxylic acids is 1. The quantitative estimate of drug-likeness (QED) is 0.793. The van der Waals surface area contributed by atoms with Crippen LogP contribution in [0.2, 0.25) is 5.02 Å². The topological polar surface area (TPSA) is 84.9 Å². The maximum Gasteiger partial charge on any atom is 0.328 e. The molecule has 2 unspecified atom stereocenters. The Hall–Kier alpha value is -1.79. The number of amides is 1. The molecule has 0 heterocycles. The molecule has 6 nitrogen and oxygen atoms in total. The number of carbonyl (C=O) groups excluding carboxylic acids is 1. The van der Waals surface area contributed by atoms with Gasteiger partial charge in [0.1, 0.15) is 5.75 Å². The number of rotatable bonds is 7. The van der Waals surface area contributed by atoms with Gasteiger partial charge in [0.15, 0.2) is 12.1 Å². The van der Waals surface area contributed by atoms with E-state index in [1.807, 2.05) is 0 Å². The number of halogens is 1. The van der Waals surface area contributed by atoms with Crippen molar-refractivity contribution in [2.24, 2.45) is 0 Å². The monoisotopic (exact) mass is 301 g/mol. The summed E-state index contributed by atoms with van der Waals surface area (Å²) in [6, 6.07) is 5.59. The van der Waals surface area contributed by atoms with Crippen LogP contribution in [0.15, 0.2) is 24.3 Å². The standard InChI is InChI=1S/C13H16ClNO5/c1-8(20-11-6-4-3-5-9(11)14)12(16)15-10(7-19-2)13(17)18/h3-6,8,10H,7H2,1-2H3,(H,15,16)(H,17,18). The van der Waals surface area contributed by atoms with E-state index in [-0.39, 0.29) is 6.61 Å². The Morgan fingerprint density at radius 2 is 2.05 bits per heavy atom. The molecule has 0 fully saturated rings. The van der Waals surface area contributed by atoms with Crippen molar-refractivity contribution in [2.45, 2.75) is 19.1 Å². The summed E-state index contributed by atoms with van der Waals surface area (Å²) in [5, 5.41) is 11.6. The van der Waals surface area contributed by atoms with E-state index < -0.39 is 24.0 Å². The van der Waals surface area contributed by atoms with Gasteiger partial charge in [0.2, 0.25) is 0 Å². The molecular formula is C13H16ClNO5. The van der Waals surface area contributed by atoms with Crippen molar-refractivity contribution in [3.8, 4) is 5.75 Å². The van der Waals surface area contributed by atoms with Gasteiger partial charge in [-0.05, 0) is 19.1 Å². The summed E-state index contributed by atoms with van der Waals surface area (Å²) in [4.78, 5) is 22.8. The molecule has 0 saturated carbocycles. The highest BCUT2D eigenvalue weighted by Crippen LogP contribution is 2.24. The van der Waals surface area contributed by atoms with Crippen LogP contribution in [0.5, 0.6) is 5.75 Å². The Morgan fingerprint density at radius 3 is 2.60 bits per heavy atom. The summed E-state index contributed by atoms with van der Waals surface area (Å²) in [5.41, 5.74) is 0. The first-order valence-electron chi connectivity index (χ1n) is 5.89. The van der Waals surface area contributed by atoms with Crippen molar-refractivity contribution in [3.63, 3.8) is 0 Å². The normalized spacial score (nSPS) is 13.3. The lowest BCUT2D eigenvalue weighted by molar-refractivity contribution is -0.144. The molecule has 0 aliphatic rings. The number of methoxy groups -OCH3 is 1. The Morgan fingerprint density at radius 1 is 1.40 bits per heavy atom. The van der Waals surface area contributed by atoms with Gasteiger partial charge in [0.05, 0.1) is 11.6 Å². The molecule has 110 valence electrons. The number of carboxylic acid groups (broad SMARTS) is 1. The molecule has 0 aliphatic carbocycles. The molecule has 20 heavy (non-hydrogen) atoms. The summed E-state index contributed by atoms with van der Waals surface area (Å²) in [6.45, 7) is 1.38. The van der Waals surface area contributed by atoms with Gasteiger partial charge in [-0.15, -0.1) is 0 Å². The lowest BCUT2D eigenvalue weighted by Gasteiger charge is -2.18. The molecule has 0 spiro atoms. The van der Waals surface area contributed by atoms with Crippen LogP contribution >= 0.6 is 11.6 Å². The number of nitrogens with one attached hydrogen (secondary N) is 1. The fourth-order valence-corrected chi connectivity index (χ4v) is 1.59. The maximum absolute atomic E-state index is 11.9. The molecule has 1 aromatic rings. The van der Waals surface area contributed by atoms with Gasteiger partial charge in [0.25, 0.3) is 5.91 Å². The van der Waals surface area contributed by atoms with E-state index in [0.29, 0.717) is 10.8 Å². The SMILES string of the molecule is COCC(NC(=O)C(C)Oc1ccccc1Cl)C(=O)O. The van der Waals surface area contributed by atoms with E-state index in [1.54, 1.807) is 24.3 Å². The third kappa shape index (κ3) is 4.71. The first kappa shape index (κ1) is 16.3. The van der Waals surface area contributed by atoms with Crippen molar-refractivity contribution in [1.82, 2.24) is 5.32 Å². The van der Waals surface area contributed by atoms with Crippen molar-refractivity contribution < 1.29 is 24.2 Å². The molecule has 0 bridgehead atoms. The second kappa shape index (κ2) is 7.72. The maximum atomic E-state index is 11.9. The minimum Gasteiger partial charge on any atom is -0.480 e. The van der Waals surface area contributed by atoms with Crippen molar-refractivity contribution in [3.05, 3.63) is 29.3 Å². The van der Waals surface area contributed by atoms with Crippen LogP contribution in [-0.4, -0.2) is 42.8 Å². The second-order valence-corrected chi connectivity index (χ2v) is 4.45. The molecule has 0 radical (unpaired) electrons. The highest BCUT2D eigenvalue weighted by atomic mass is 35.5. The number of aliphatic carboxylic acids is 1. The third-order valence-electron chi connectivity index (χ3n) is 2.46. The Kier molecular flexibility index (Phi) is 6.27. The second-order valence-electron chi connectivity index (χ2n) is 4.05. The molecule has 0 saturated heterocycles. The van der Waals surface area contributed by atoms with Crippen LogP contribution in [0.25, 0.3) is 0 Å². The molecule has 0 aromatic heterocycles. The summed E-state index contributed by atoms with van der Waals surface area (Å²) < 4.78 is 10.1. The highest BCUT2D eigenvalue weighted by Gasteiger charge is 2.24. The first-order valence-corrected chi connectivity index (χ1v) is 6.26. The van der Waals surface area contributed by atoms with Gasteiger partial charge >= 0.3 is 5.97 Å². The van der Waals surface area contributed by atoms with Crippen molar-refractivity contribution >= 4 is 23.5 Å². The molecule has 2 N–H and O–H groups in total. The highest BCUT2D eigenvalue weighted by molar-refractivity contribution is 6.32. The minimum absolute atomic E-state index is 0.125. The Bertz CT molecular complexity index is 480. The number of carbonyl (C=O) groups is 2. The summed E-state index contributed by atoms with van der Waals surface area (Å²) in [6.07, 6.45) is -0.881. The number of benzene rings is 1. The fourth-order valence-electron chi connectivity index (χ4n) is 1.41. The molecule has 1 amide bonds. The predicted octanol–water partition coefficient (Wildman–Crippen LogP) is 1.32. The van der Waals surface area contributed by atoms with Gasteiger partial charge in [0, 0.05) is 7.11 Å². The largest absolute Gasteiger partial charge is 0.480 e. The van der Waals surface area contributed by atoms with E-state index in [4.69, 9.17) is 26.2 Å². The van der Waals surface area contributed by atoms with E-state index in [9.17, 15) is 9.59 Å². The van der Waals surface area contributed by atoms with E-state index in [2.05, 4.69) is 5.32 Å². The number of hydrogen-bond donors (Lipinski definition) is 2. The Balaban J connectivity index is 2.63. The van der Waals surface area contributed by atoms with E-state index >= 15 is 0 Å². The number of para-hydroxylation sites is 1. The van der Waals surface area contributed by atoms with Crippen LogP contribution in [0.4, 0.5) is 0 Å². The van der Waals surface area contributed by atoms with E-state index in [1.165, 1.54) is 14.0 Å². The average molecular weight is 302 g/mol. The zero-order valence-electron chi connectivity index (χ0n) is 11.1. The van der Waals surface area contributed by atoms with Gasteiger partial charge in [-0.1, -0.05) is 23.7 Å². The average Bonchev–Trinajstić information content (AvgIpc) is 2.40. The molecule has 0 aliphatic heterocycles. The predicted molar refractivity (Wildman–Crippen MR) is 73.0 cm³/mol. The molecule has 1 aromatic carbocycles. The molecular weight excluding hydrogens is 286 g/mol. The first-order chi connectivity index (χ1) is 9.45. The van der Waals surface area contributed by atoms with Crippen LogP contribution in [0, 0.1) is 0 Å². The van der Waals surface area contributed by atoms with Gasteiger partial charge < -0.3 is 19.9 Å². The molecule has 2 atom stereocenters. The van der Waals surface area contributed by atoms with Crippen molar-refractivity contribution in [2.75, 3.05) is 13.7 Å². The summed E-state index contributed by atoms with van der Waals surface area (Å²) in [7, 11) is 1.35. The van der Waals surface area contributed by atoms with Crippen LogP contribution in [0.1, 0.15) is 6.92 Å². The lowest BCUT2D eigenvalue weighted by atomic mass is 10.2. The van der Waals surface area contributed by atoms with Gasteiger partial charge in [-0.2, -0.15) is 0 Å². The summed E-state index contributed by atoms with van der Waals surface area (Å²) >= 11 is 5.91. The molecule has 7 heteroatoms. The summed E-state index contributed by atoms with van der Waals surface area (Å²) in [5.74, 6) is -1.38. The fraction of sp³-hybridized carbons (Fsp3) is 0.385. The number of hydrogen-bond acceptors (Lipinski definition) is 4. The smallest absolute Gasteiger partial charge is 0.328 e. The zero-order valence-corrected chi connectivity index (χ0v) is 11.9. The number of ether oxygens (including phenoxy) is 2. The zero-order chi connectivity index (χ0) is 15.1. The van der Waals surface area contributed by atoms with E-state index in [0.717, 1.165) is 0 Å².